The summed E-state index contributed by atoms with van der Waals surface area (Å²) < 4.78 is 1.97. The molecule has 0 aliphatic rings. The summed E-state index contributed by atoms with van der Waals surface area (Å²) in [6, 6.07) is 7.67. The van der Waals surface area contributed by atoms with Crippen LogP contribution in [0.4, 0.5) is 5.82 Å². The summed E-state index contributed by atoms with van der Waals surface area (Å²) >= 11 is 12.6. The third-order valence-corrected chi connectivity index (χ3v) is 4.41. The summed E-state index contributed by atoms with van der Waals surface area (Å²) in [7, 11) is 3.76. The summed E-state index contributed by atoms with van der Waals surface area (Å²) in [5.41, 5.74) is 3.29. The second-order valence-electron chi connectivity index (χ2n) is 5.52. The van der Waals surface area contributed by atoms with Gasteiger partial charge in [-0.25, -0.2) is 4.99 Å². The predicted octanol–water partition coefficient (Wildman–Crippen LogP) is 4.55. The molecule has 0 spiro atoms. The van der Waals surface area contributed by atoms with E-state index in [0.717, 1.165) is 16.8 Å². The molecule has 120 valence electrons. The van der Waals surface area contributed by atoms with E-state index in [2.05, 4.69) is 11.1 Å². The maximum Gasteiger partial charge on any atom is 0.153 e. The molecule has 4 nitrogen and oxygen atoms in total. The molecule has 6 heteroatoms. The van der Waals surface area contributed by atoms with Gasteiger partial charge < -0.3 is 9.47 Å². The number of nitrogens with zero attached hydrogens (tertiary/aromatic N) is 4. The fourth-order valence-corrected chi connectivity index (χ4v) is 2.84. The van der Waals surface area contributed by atoms with Gasteiger partial charge in [0.2, 0.25) is 0 Å². The van der Waals surface area contributed by atoms with E-state index in [-0.39, 0.29) is 0 Å². The third-order valence-electron chi connectivity index (χ3n) is 3.70. The average Bonchev–Trinajstić information content (AvgIpc) is 2.72. The fourth-order valence-electron chi connectivity index (χ4n) is 2.32. The molecule has 1 heterocycles. The Labute approximate surface area is 146 Å². The van der Waals surface area contributed by atoms with Crippen LogP contribution >= 0.6 is 23.2 Å². The average molecular weight is 349 g/mol. The second-order valence-corrected chi connectivity index (χ2v) is 6.33. The molecule has 1 aromatic heterocycles. The lowest BCUT2D eigenvalue weighted by molar-refractivity contribution is 0.641. The van der Waals surface area contributed by atoms with Gasteiger partial charge >= 0.3 is 0 Å². The Morgan fingerprint density at radius 2 is 1.87 bits per heavy atom. The molecule has 0 saturated heterocycles. The Balaban J connectivity index is 2.60. The highest BCUT2D eigenvalue weighted by molar-refractivity contribution is 6.36. The van der Waals surface area contributed by atoms with Crippen LogP contribution in [0.2, 0.25) is 10.0 Å². The SMILES string of the molecule is Cc1c(C#N)c(/N=C/N(C)C)n(Cc2c(Cl)cccc2Cl)c1C. The molecule has 0 amide bonds. The molecule has 2 aromatic rings. The highest BCUT2D eigenvalue weighted by Gasteiger charge is 2.18. The molecule has 0 unspecified atom stereocenters. The summed E-state index contributed by atoms with van der Waals surface area (Å²) in [6.07, 6.45) is 1.68. The van der Waals surface area contributed by atoms with Crippen LogP contribution in [0.3, 0.4) is 0 Å². The quantitative estimate of drug-likeness (QED) is 0.600. The van der Waals surface area contributed by atoms with E-state index in [1.165, 1.54) is 0 Å². The molecule has 1 aromatic carbocycles. The van der Waals surface area contributed by atoms with E-state index in [1.807, 2.05) is 55.6 Å². The standard InChI is InChI=1S/C17H18Cl2N4/c1-11-12(2)23(9-14-15(18)6-5-7-16(14)19)17(13(11)8-20)21-10-22(3)4/h5-7,10H,9H2,1-4H3/b21-10+. The Bertz CT molecular complexity index is 778. The number of hydrogen-bond acceptors (Lipinski definition) is 2. The van der Waals surface area contributed by atoms with Gasteiger partial charge in [0.25, 0.3) is 0 Å². The lowest BCUT2D eigenvalue weighted by Crippen LogP contribution is -2.08. The van der Waals surface area contributed by atoms with Gasteiger partial charge in [-0.05, 0) is 31.5 Å². The minimum atomic E-state index is 0.465. The number of benzene rings is 1. The van der Waals surface area contributed by atoms with Crippen LogP contribution < -0.4 is 0 Å². The van der Waals surface area contributed by atoms with Gasteiger partial charge in [0.05, 0.1) is 18.4 Å². The molecular formula is C17H18Cl2N4. The summed E-state index contributed by atoms with van der Waals surface area (Å²) in [4.78, 5) is 6.29. The first kappa shape index (κ1) is 17.4. The van der Waals surface area contributed by atoms with Gasteiger partial charge in [-0.3, -0.25) is 0 Å². The van der Waals surface area contributed by atoms with Crippen molar-refractivity contribution in [2.45, 2.75) is 20.4 Å². The van der Waals surface area contributed by atoms with Gasteiger partial charge in [0.1, 0.15) is 6.07 Å². The number of aromatic nitrogens is 1. The van der Waals surface area contributed by atoms with E-state index in [0.29, 0.717) is 28.0 Å². The normalized spacial score (nSPS) is 11.0. The Morgan fingerprint density at radius 1 is 1.26 bits per heavy atom. The van der Waals surface area contributed by atoms with E-state index in [1.54, 1.807) is 6.34 Å². The van der Waals surface area contributed by atoms with E-state index >= 15 is 0 Å². The number of aliphatic imine (C=N–C) groups is 1. The smallest absolute Gasteiger partial charge is 0.153 e. The Morgan fingerprint density at radius 3 is 2.39 bits per heavy atom. The molecule has 2 rings (SSSR count). The van der Waals surface area contributed by atoms with Crippen molar-refractivity contribution in [3.8, 4) is 6.07 Å². The summed E-state index contributed by atoms with van der Waals surface area (Å²) in [5.74, 6) is 0.618. The largest absolute Gasteiger partial charge is 0.369 e. The minimum absolute atomic E-state index is 0.465. The zero-order valence-corrected chi connectivity index (χ0v) is 15.1. The van der Waals surface area contributed by atoms with Gasteiger partial charge in [-0.15, -0.1) is 0 Å². The number of halogens is 2. The van der Waals surface area contributed by atoms with Crippen LogP contribution in [0.1, 0.15) is 22.4 Å². The van der Waals surface area contributed by atoms with Gasteiger partial charge in [0, 0.05) is 35.4 Å². The van der Waals surface area contributed by atoms with Crippen molar-refractivity contribution >= 4 is 35.4 Å². The zero-order chi connectivity index (χ0) is 17.1. The second kappa shape index (κ2) is 7.08. The van der Waals surface area contributed by atoms with E-state index in [9.17, 15) is 5.26 Å². The summed E-state index contributed by atoms with van der Waals surface area (Å²) in [5, 5.41) is 10.7. The maximum atomic E-state index is 9.47. The zero-order valence-electron chi connectivity index (χ0n) is 13.6. The lowest BCUT2D eigenvalue weighted by Gasteiger charge is -2.13. The molecule has 0 N–H and O–H groups in total. The maximum absolute atomic E-state index is 9.47. The predicted molar refractivity (Wildman–Crippen MR) is 96.0 cm³/mol. The van der Waals surface area contributed by atoms with Crippen LogP contribution in [0.15, 0.2) is 23.2 Å². The van der Waals surface area contributed by atoms with Gasteiger partial charge in [0.15, 0.2) is 5.82 Å². The van der Waals surface area contributed by atoms with Crippen LogP contribution in [-0.4, -0.2) is 29.9 Å². The topological polar surface area (TPSA) is 44.3 Å². The first-order valence-corrected chi connectivity index (χ1v) is 7.85. The molecule has 0 aliphatic carbocycles. The van der Waals surface area contributed by atoms with Crippen molar-refractivity contribution in [3.63, 3.8) is 0 Å². The molecule has 0 saturated carbocycles. The molecule has 0 aliphatic heterocycles. The van der Waals surface area contributed by atoms with Crippen LogP contribution in [0.25, 0.3) is 0 Å². The van der Waals surface area contributed by atoms with Crippen LogP contribution in [0.5, 0.6) is 0 Å². The highest BCUT2D eigenvalue weighted by atomic mass is 35.5. The molecule has 0 atom stereocenters. The van der Waals surface area contributed by atoms with Crippen molar-refractivity contribution in [2.24, 2.45) is 4.99 Å². The van der Waals surface area contributed by atoms with Gasteiger partial charge in [-0.2, -0.15) is 5.26 Å². The Hall–Kier alpha value is -1.96. The number of nitriles is 1. The van der Waals surface area contributed by atoms with Crippen molar-refractivity contribution in [3.05, 3.63) is 50.6 Å². The molecule has 0 radical (unpaired) electrons. The van der Waals surface area contributed by atoms with Crippen LogP contribution in [-0.2, 0) is 6.54 Å². The molecule has 0 bridgehead atoms. The highest BCUT2D eigenvalue weighted by Crippen LogP contribution is 2.32. The first-order chi connectivity index (χ1) is 10.9. The fraction of sp³-hybridized carbons (Fsp3) is 0.294. The summed E-state index contributed by atoms with van der Waals surface area (Å²) in [6.45, 7) is 4.36. The van der Waals surface area contributed by atoms with Gasteiger partial charge in [-0.1, -0.05) is 29.3 Å². The monoisotopic (exact) mass is 348 g/mol. The lowest BCUT2D eigenvalue weighted by atomic mass is 10.2. The first-order valence-electron chi connectivity index (χ1n) is 7.10. The third kappa shape index (κ3) is 3.52. The van der Waals surface area contributed by atoms with E-state index < -0.39 is 0 Å². The van der Waals surface area contributed by atoms with Crippen LogP contribution in [0, 0.1) is 25.2 Å². The van der Waals surface area contributed by atoms with E-state index in [4.69, 9.17) is 23.2 Å². The number of hydrogen-bond donors (Lipinski definition) is 0. The van der Waals surface area contributed by atoms with Crippen molar-refractivity contribution in [1.29, 1.82) is 5.26 Å². The minimum Gasteiger partial charge on any atom is -0.369 e. The molecular weight excluding hydrogens is 331 g/mol. The Kier molecular flexibility index (Phi) is 5.35. The molecule has 23 heavy (non-hydrogen) atoms. The van der Waals surface area contributed by atoms with Crippen molar-refractivity contribution in [2.75, 3.05) is 14.1 Å². The van der Waals surface area contributed by atoms with Crippen molar-refractivity contribution in [1.82, 2.24) is 9.47 Å². The molecule has 0 fully saturated rings. The van der Waals surface area contributed by atoms with Crippen molar-refractivity contribution < 1.29 is 0 Å². The number of rotatable bonds is 4.